The van der Waals surface area contributed by atoms with E-state index in [9.17, 15) is 33.4 Å². The van der Waals surface area contributed by atoms with E-state index in [-0.39, 0.29) is 40.9 Å². The number of esters is 2. The number of amidine groups is 2. The summed E-state index contributed by atoms with van der Waals surface area (Å²) in [4.78, 5) is 71.9. The van der Waals surface area contributed by atoms with Crippen LogP contribution in [0, 0.1) is 11.6 Å². The fraction of sp³-hybridized carbons (Fsp3) is 0.282. The Balaban J connectivity index is 0.000000175. The van der Waals surface area contributed by atoms with Gasteiger partial charge in [-0.2, -0.15) is 0 Å². The maximum atomic E-state index is 14.0. The molecule has 4 N–H and O–H groups in total. The molecule has 2 amide bonds. The van der Waals surface area contributed by atoms with Crippen LogP contribution in [0.2, 0.25) is 10.0 Å². The molecular formula is C71H68Cl2F2N12O8S2. The molecule has 6 aliphatic rings. The number of urea groups is 1. The van der Waals surface area contributed by atoms with E-state index in [0.29, 0.717) is 107 Å². The molecule has 26 heteroatoms. The predicted octanol–water partition coefficient (Wildman–Crippen LogP) is 10.4. The number of carbonyl (C=O) groups is 3. The van der Waals surface area contributed by atoms with Crippen LogP contribution in [0.5, 0.6) is 11.5 Å². The van der Waals surface area contributed by atoms with Gasteiger partial charge in [-0.05, 0) is 88.5 Å². The molecular weight excluding hydrogens is 1320 g/mol. The van der Waals surface area contributed by atoms with Crippen molar-refractivity contribution in [3.8, 4) is 22.6 Å². The normalized spacial score (nSPS) is 19.9. The SMILES string of the molecule is COC(=O)C1=C(CN2CCN3C(=O)N(c4ccc(Oc5ccc(CO)cc5)cc4)C[C@@H]3C2)NC(c2nccs2)=N[C@H]1c1ccc(F)cc1Cl.COC(=O)C1=C(CN2CCN3CN(Cc4ccc(-c5ccc(CO)cc5)cc4)C[C@@H]3C2)NC(c2nccs2)=N[C@H]1c1ccc(F)cc1Cl. The first-order valence-electron chi connectivity index (χ1n) is 31.5. The van der Waals surface area contributed by atoms with Gasteiger partial charge in [0.05, 0.1) is 51.3 Å². The summed E-state index contributed by atoms with van der Waals surface area (Å²) in [7, 11) is 2.66. The summed E-state index contributed by atoms with van der Waals surface area (Å²) in [5.74, 6) is 0.241. The van der Waals surface area contributed by atoms with Crippen LogP contribution in [0.1, 0.15) is 49.9 Å². The number of piperazine rings is 2. The number of methoxy groups -OCH3 is 2. The van der Waals surface area contributed by atoms with Gasteiger partial charge in [-0.1, -0.05) is 96.0 Å². The molecule has 0 radical (unpaired) electrons. The lowest BCUT2D eigenvalue weighted by molar-refractivity contribution is -0.137. The Labute approximate surface area is 577 Å². The smallest absolute Gasteiger partial charge is 0.338 e. The number of hydrogen-bond donors (Lipinski definition) is 4. The van der Waals surface area contributed by atoms with Crippen LogP contribution in [0.3, 0.4) is 0 Å². The van der Waals surface area contributed by atoms with E-state index in [2.05, 4.69) is 64.5 Å². The largest absolute Gasteiger partial charge is 0.466 e. The van der Waals surface area contributed by atoms with Crippen molar-refractivity contribution in [1.29, 1.82) is 0 Å². The number of aliphatic hydroxyl groups is 2. The van der Waals surface area contributed by atoms with E-state index >= 15 is 0 Å². The van der Waals surface area contributed by atoms with Crippen LogP contribution in [0.4, 0.5) is 19.3 Å². The zero-order valence-electron chi connectivity index (χ0n) is 52.9. The number of aliphatic imine (C=N–C) groups is 2. The zero-order chi connectivity index (χ0) is 67.3. The fourth-order valence-electron chi connectivity index (χ4n) is 13.1. The average molecular weight is 1390 g/mol. The molecule has 4 fully saturated rings. The summed E-state index contributed by atoms with van der Waals surface area (Å²) >= 11 is 15.9. The van der Waals surface area contributed by atoms with E-state index in [1.165, 1.54) is 72.8 Å². The highest BCUT2D eigenvalue weighted by atomic mass is 35.5. The van der Waals surface area contributed by atoms with Crippen molar-refractivity contribution in [2.24, 2.45) is 9.98 Å². The third-order valence-corrected chi connectivity index (χ3v) is 20.1. The molecule has 0 bridgehead atoms. The first kappa shape index (κ1) is 66.8. The van der Waals surface area contributed by atoms with Crippen LogP contribution in [-0.4, -0.2) is 173 Å². The first-order valence-corrected chi connectivity index (χ1v) is 34.0. The number of carbonyl (C=O) groups excluding carboxylic acids is 3. The van der Waals surface area contributed by atoms with Crippen molar-refractivity contribution in [1.82, 2.24) is 45.1 Å². The fourth-order valence-corrected chi connectivity index (χ4v) is 14.8. The number of nitrogens with zero attached hydrogens (tertiary/aromatic N) is 10. The molecule has 0 unspecified atom stereocenters. The maximum Gasteiger partial charge on any atom is 0.338 e. The lowest BCUT2D eigenvalue weighted by Gasteiger charge is -2.38. The third-order valence-electron chi connectivity index (χ3n) is 17.9. The van der Waals surface area contributed by atoms with E-state index in [0.717, 1.165) is 67.3 Å². The van der Waals surface area contributed by atoms with Crippen molar-refractivity contribution in [3.63, 3.8) is 0 Å². The van der Waals surface area contributed by atoms with Crippen LogP contribution >= 0.6 is 45.9 Å². The Hall–Kier alpha value is -8.79. The Bertz CT molecular complexity index is 4300. The van der Waals surface area contributed by atoms with Gasteiger partial charge in [0.25, 0.3) is 0 Å². The van der Waals surface area contributed by atoms with E-state index in [4.69, 9.17) is 47.4 Å². The minimum absolute atomic E-state index is 0.0335. The summed E-state index contributed by atoms with van der Waals surface area (Å²) in [5, 5.41) is 30.7. The summed E-state index contributed by atoms with van der Waals surface area (Å²) in [6.07, 6.45) is 3.38. The second-order valence-corrected chi connectivity index (χ2v) is 26.7. The standard InChI is InChI=1S/C36H36ClFN6O3S.C35H32ClFN6O5S/c1-47-36(46)32-31(40-34(35-39-12-15-48-35)41-33(32)29-11-10-27(38)16-30(29)37)20-42-13-14-44-22-43(19-28(44)18-42)17-23-2-6-25(7-3-23)26-8-4-24(21-45)5-9-26;1-47-34(45)30-29(39-32(33-38-12-15-49-33)40-31(30)27-11-4-22(37)16-28(27)36)19-41-13-14-42-24(17-41)18-43(35(42)46)23-5-9-26(10-6-23)48-25-7-2-21(20-44)3-8-25/h2-12,15-16,28,33,45H,13-14,17-22H2,1H3,(H,40,41);2-12,15-16,24,31,44H,13-14,17-20H2,1H3,(H,39,40)/t28-,33-;24-,31-/m00/s1. The number of hydrogen-bond acceptors (Lipinski definition) is 20. The summed E-state index contributed by atoms with van der Waals surface area (Å²) < 4.78 is 44.4. The molecule has 6 aromatic carbocycles. The van der Waals surface area contributed by atoms with Gasteiger partial charge < -0.3 is 40.0 Å². The number of aromatic nitrogens is 2. The number of ether oxygens (including phenoxy) is 3. The quantitative estimate of drug-likeness (QED) is 0.0588. The number of aliphatic hydroxyl groups excluding tert-OH is 2. The molecule has 2 aromatic heterocycles. The molecule has 500 valence electrons. The minimum Gasteiger partial charge on any atom is -0.466 e. The molecule has 20 nitrogen and oxygen atoms in total. The van der Waals surface area contributed by atoms with Crippen molar-refractivity contribution in [3.05, 3.63) is 239 Å². The van der Waals surface area contributed by atoms with E-state index < -0.39 is 35.7 Å². The highest BCUT2D eigenvalue weighted by Crippen LogP contribution is 2.40. The molecule has 0 spiro atoms. The van der Waals surface area contributed by atoms with Crippen LogP contribution in [0.15, 0.2) is 189 Å². The van der Waals surface area contributed by atoms with Gasteiger partial charge in [-0.25, -0.2) is 33.1 Å². The van der Waals surface area contributed by atoms with Crippen LogP contribution in [0.25, 0.3) is 11.1 Å². The highest BCUT2D eigenvalue weighted by molar-refractivity contribution is 7.12. The number of thiazole rings is 2. The number of rotatable bonds is 18. The van der Waals surface area contributed by atoms with Crippen LogP contribution in [-0.2, 0) is 38.8 Å². The molecule has 0 aliphatic carbocycles. The minimum atomic E-state index is -0.854. The van der Waals surface area contributed by atoms with Crippen molar-refractivity contribution in [2.45, 2.75) is 43.9 Å². The molecule has 97 heavy (non-hydrogen) atoms. The number of fused-ring (bicyclic) bond motifs is 2. The van der Waals surface area contributed by atoms with Gasteiger partial charge in [0.15, 0.2) is 21.7 Å². The lowest BCUT2D eigenvalue weighted by Crippen LogP contribution is -2.53. The van der Waals surface area contributed by atoms with Crippen molar-refractivity contribution in [2.75, 3.05) is 91.2 Å². The molecule has 6 aliphatic heterocycles. The topological polar surface area (TPSA) is 213 Å². The number of benzene rings is 6. The molecule has 8 heterocycles. The van der Waals surface area contributed by atoms with E-state index in [1.807, 2.05) is 64.2 Å². The predicted molar refractivity (Wildman–Crippen MR) is 369 cm³/mol. The summed E-state index contributed by atoms with van der Waals surface area (Å²) in [5.41, 5.74) is 8.90. The van der Waals surface area contributed by atoms with Gasteiger partial charge in [-0.3, -0.25) is 34.5 Å². The Morgan fingerprint density at radius 2 is 1.05 bits per heavy atom. The summed E-state index contributed by atoms with van der Waals surface area (Å²) in [6.45, 7) is 8.27. The van der Waals surface area contributed by atoms with Gasteiger partial charge in [0.2, 0.25) is 0 Å². The van der Waals surface area contributed by atoms with Gasteiger partial charge in [0.1, 0.15) is 35.2 Å². The number of nitrogens with one attached hydrogen (secondary N) is 2. The van der Waals surface area contributed by atoms with Crippen molar-refractivity contribution < 1.29 is 47.6 Å². The van der Waals surface area contributed by atoms with E-state index in [1.54, 1.807) is 47.6 Å². The highest BCUT2D eigenvalue weighted by Gasteiger charge is 2.43. The molecule has 0 saturated carbocycles. The van der Waals surface area contributed by atoms with Gasteiger partial charge >= 0.3 is 18.0 Å². The number of amides is 2. The molecule has 14 rings (SSSR count). The Kier molecular flexibility index (Phi) is 20.6. The third kappa shape index (κ3) is 15.0. The van der Waals surface area contributed by atoms with Gasteiger partial charge in [-0.15, -0.1) is 22.7 Å². The maximum absolute atomic E-state index is 14.0. The molecule has 4 saturated heterocycles. The average Bonchev–Trinajstić information content (AvgIpc) is 1.65. The first-order chi connectivity index (χ1) is 47.2. The lowest BCUT2D eigenvalue weighted by atomic mass is 9.95. The summed E-state index contributed by atoms with van der Waals surface area (Å²) in [6, 6.07) is 38.0. The Morgan fingerprint density at radius 1 is 0.577 bits per heavy atom. The molecule has 4 atom stereocenters. The molecule has 8 aromatic rings. The number of anilines is 1. The second kappa shape index (κ2) is 29.9. The monoisotopic (exact) mass is 1390 g/mol. The zero-order valence-corrected chi connectivity index (χ0v) is 56.0. The van der Waals surface area contributed by atoms with Crippen molar-refractivity contribution >= 4 is 81.2 Å². The Morgan fingerprint density at radius 3 is 1.54 bits per heavy atom. The van der Waals surface area contributed by atoms with Gasteiger partial charge in [0, 0.05) is 139 Å². The second-order valence-electron chi connectivity index (χ2n) is 24.1. The number of halogens is 4. The van der Waals surface area contributed by atoms with Crippen LogP contribution < -0.4 is 20.3 Å².